The number of carbonyl (C=O) groups excluding carboxylic acids is 2. The molecule has 0 unspecified atom stereocenters. The average molecular weight is 420 g/mol. The van der Waals surface area contributed by atoms with Crippen molar-refractivity contribution in [2.75, 3.05) is 16.4 Å². The Balaban J connectivity index is 1.58. The summed E-state index contributed by atoms with van der Waals surface area (Å²) in [4.78, 5) is 36.5. The van der Waals surface area contributed by atoms with Crippen molar-refractivity contribution in [3.05, 3.63) is 89.5 Å². The first-order valence-electron chi connectivity index (χ1n) is 9.15. The first kappa shape index (κ1) is 21.1. The number of benzene rings is 3. The topological polar surface area (TPSA) is 95.5 Å². The Morgan fingerprint density at radius 1 is 0.867 bits per heavy atom. The first-order valence-corrected chi connectivity index (χ1v) is 10.1. The van der Waals surface area contributed by atoms with Gasteiger partial charge >= 0.3 is 5.97 Å². The average Bonchev–Trinajstić information content (AvgIpc) is 2.73. The molecule has 0 radical (unpaired) electrons. The molecule has 3 N–H and O–H groups in total. The summed E-state index contributed by atoms with van der Waals surface area (Å²) in [6.45, 7) is 1.88. The molecule has 3 aromatic rings. The number of aromatic carboxylic acids is 1. The Bertz CT molecular complexity index is 1100. The lowest BCUT2D eigenvalue weighted by molar-refractivity contribution is -0.113. The number of aryl methyl sites for hydroxylation is 1. The van der Waals surface area contributed by atoms with E-state index in [1.165, 1.54) is 23.9 Å². The molecule has 0 fully saturated rings. The minimum Gasteiger partial charge on any atom is -0.478 e. The normalized spacial score (nSPS) is 10.3. The van der Waals surface area contributed by atoms with Crippen LogP contribution in [0.4, 0.5) is 11.4 Å². The van der Waals surface area contributed by atoms with Gasteiger partial charge in [-0.25, -0.2) is 4.79 Å². The maximum Gasteiger partial charge on any atom is 0.335 e. The van der Waals surface area contributed by atoms with Crippen LogP contribution in [0.5, 0.6) is 0 Å². The van der Waals surface area contributed by atoms with Gasteiger partial charge in [0.2, 0.25) is 5.91 Å². The van der Waals surface area contributed by atoms with E-state index in [4.69, 9.17) is 5.11 Å². The van der Waals surface area contributed by atoms with Gasteiger partial charge in [0.05, 0.1) is 11.3 Å². The molecule has 6 nitrogen and oxygen atoms in total. The molecule has 7 heteroatoms. The zero-order chi connectivity index (χ0) is 21.5. The number of amides is 2. The van der Waals surface area contributed by atoms with Crippen molar-refractivity contribution in [2.45, 2.75) is 11.8 Å². The lowest BCUT2D eigenvalue weighted by atomic mass is 10.1. The Morgan fingerprint density at radius 2 is 1.57 bits per heavy atom. The van der Waals surface area contributed by atoms with Gasteiger partial charge in [0.25, 0.3) is 5.91 Å². The second kappa shape index (κ2) is 9.76. The molecule has 3 rings (SSSR count). The van der Waals surface area contributed by atoms with Crippen molar-refractivity contribution in [2.24, 2.45) is 0 Å². The summed E-state index contributed by atoms with van der Waals surface area (Å²) < 4.78 is 0. The van der Waals surface area contributed by atoms with Crippen molar-refractivity contribution in [3.8, 4) is 0 Å². The minimum absolute atomic E-state index is 0.109. The molecule has 0 saturated heterocycles. The number of nitrogens with one attached hydrogen (secondary N) is 2. The Morgan fingerprint density at radius 3 is 2.30 bits per heavy atom. The Hall–Kier alpha value is -3.58. The molecular weight excluding hydrogens is 400 g/mol. The van der Waals surface area contributed by atoms with Gasteiger partial charge in [-0.1, -0.05) is 30.3 Å². The predicted molar refractivity (Wildman–Crippen MR) is 118 cm³/mol. The van der Waals surface area contributed by atoms with E-state index in [0.717, 1.165) is 10.5 Å². The zero-order valence-corrected chi connectivity index (χ0v) is 17.0. The molecule has 0 aromatic heterocycles. The zero-order valence-electron chi connectivity index (χ0n) is 16.2. The molecule has 0 aliphatic heterocycles. The molecule has 152 valence electrons. The number of thioether (sulfide) groups is 1. The molecule has 0 saturated carbocycles. The van der Waals surface area contributed by atoms with Crippen LogP contribution in [0, 0.1) is 6.92 Å². The van der Waals surface area contributed by atoms with Crippen molar-refractivity contribution in [3.63, 3.8) is 0 Å². The van der Waals surface area contributed by atoms with Gasteiger partial charge in [-0.05, 0) is 55.0 Å². The van der Waals surface area contributed by atoms with Gasteiger partial charge in [-0.15, -0.1) is 11.8 Å². The van der Waals surface area contributed by atoms with E-state index in [-0.39, 0.29) is 23.1 Å². The number of anilines is 2. The van der Waals surface area contributed by atoms with Crippen LogP contribution in [0.2, 0.25) is 0 Å². The number of carboxylic acid groups (broad SMARTS) is 1. The number of rotatable bonds is 7. The van der Waals surface area contributed by atoms with E-state index in [1.54, 1.807) is 30.3 Å². The Labute approximate surface area is 178 Å². The van der Waals surface area contributed by atoms with Crippen molar-refractivity contribution < 1.29 is 19.5 Å². The molecular formula is C23H20N2O4S. The van der Waals surface area contributed by atoms with E-state index < -0.39 is 5.97 Å². The quantitative estimate of drug-likeness (QED) is 0.483. The largest absolute Gasteiger partial charge is 0.478 e. The van der Waals surface area contributed by atoms with Gasteiger partial charge in [-0.2, -0.15) is 0 Å². The lowest BCUT2D eigenvalue weighted by Gasteiger charge is -2.09. The molecule has 0 heterocycles. The van der Waals surface area contributed by atoms with Crippen LogP contribution in [-0.2, 0) is 4.79 Å². The van der Waals surface area contributed by atoms with Crippen LogP contribution in [0.3, 0.4) is 0 Å². The molecule has 0 bridgehead atoms. The number of carboxylic acids is 1. The van der Waals surface area contributed by atoms with Crippen LogP contribution in [0.25, 0.3) is 0 Å². The number of hydrogen-bond acceptors (Lipinski definition) is 4. The second-order valence-electron chi connectivity index (χ2n) is 6.52. The highest BCUT2D eigenvalue weighted by Crippen LogP contribution is 2.23. The van der Waals surface area contributed by atoms with Crippen molar-refractivity contribution >= 4 is 40.9 Å². The summed E-state index contributed by atoms with van der Waals surface area (Å²) in [5, 5.41) is 14.6. The fourth-order valence-electron chi connectivity index (χ4n) is 2.77. The molecule has 0 aliphatic rings. The van der Waals surface area contributed by atoms with E-state index in [2.05, 4.69) is 10.6 Å². The molecule has 0 aliphatic carbocycles. The lowest BCUT2D eigenvalue weighted by Crippen LogP contribution is -2.14. The van der Waals surface area contributed by atoms with Gasteiger partial charge in [0, 0.05) is 21.8 Å². The third-order valence-corrected chi connectivity index (χ3v) is 5.24. The van der Waals surface area contributed by atoms with Crippen LogP contribution in [-0.4, -0.2) is 28.6 Å². The molecule has 3 aromatic carbocycles. The second-order valence-corrected chi connectivity index (χ2v) is 7.57. The van der Waals surface area contributed by atoms with Crippen molar-refractivity contribution in [1.82, 2.24) is 0 Å². The smallest absolute Gasteiger partial charge is 0.335 e. The third kappa shape index (κ3) is 5.71. The first-order chi connectivity index (χ1) is 14.4. The predicted octanol–water partition coefficient (Wildman–Crippen LogP) is 4.68. The standard InChI is InChI=1S/C23H20N2O4S/c1-15-6-2-3-11-20(15)22(27)25-18-9-5-10-19(13-18)30-14-21(26)24-17-8-4-7-16(12-17)23(28)29/h2-13H,14H2,1H3,(H,24,26)(H,25,27)(H,28,29). The molecule has 30 heavy (non-hydrogen) atoms. The highest BCUT2D eigenvalue weighted by Gasteiger charge is 2.10. The molecule has 0 spiro atoms. The van der Waals surface area contributed by atoms with E-state index in [9.17, 15) is 14.4 Å². The summed E-state index contributed by atoms with van der Waals surface area (Å²) in [6.07, 6.45) is 0. The molecule has 0 atom stereocenters. The fourth-order valence-corrected chi connectivity index (χ4v) is 3.52. The Kier molecular flexibility index (Phi) is 6.87. The summed E-state index contributed by atoms with van der Waals surface area (Å²) in [5.41, 5.74) is 2.68. The van der Waals surface area contributed by atoms with Gasteiger partial charge in [0.15, 0.2) is 0 Å². The fraction of sp³-hybridized carbons (Fsp3) is 0.0870. The van der Waals surface area contributed by atoms with Crippen LogP contribution in [0.15, 0.2) is 77.7 Å². The van der Waals surface area contributed by atoms with Gasteiger partial charge in [-0.3, -0.25) is 9.59 Å². The van der Waals surface area contributed by atoms with E-state index >= 15 is 0 Å². The summed E-state index contributed by atoms with van der Waals surface area (Å²) >= 11 is 1.32. The van der Waals surface area contributed by atoms with Gasteiger partial charge in [0.1, 0.15) is 0 Å². The summed E-state index contributed by atoms with van der Waals surface area (Å²) in [7, 11) is 0. The van der Waals surface area contributed by atoms with Crippen molar-refractivity contribution in [1.29, 1.82) is 0 Å². The maximum atomic E-state index is 12.5. The minimum atomic E-state index is -1.05. The van der Waals surface area contributed by atoms with Gasteiger partial charge < -0.3 is 15.7 Å². The highest BCUT2D eigenvalue weighted by molar-refractivity contribution is 8.00. The number of hydrogen-bond donors (Lipinski definition) is 3. The van der Waals surface area contributed by atoms with E-state index in [0.29, 0.717) is 16.9 Å². The van der Waals surface area contributed by atoms with Crippen LogP contribution >= 0.6 is 11.8 Å². The summed E-state index contributed by atoms with van der Waals surface area (Å²) in [5.74, 6) is -1.35. The SMILES string of the molecule is Cc1ccccc1C(=O)Nc1cccc(SCC(=O)Nc2cccc(C(=O)O)c2)c1. The molecule has 2 amide bonds. The summed E-state index contributed by atoms with van der Waals surface area (Å²) in [6, 6.07) is 20.7. The van der Waals surface area contributed by atoms with Crippen LogP contribution in [0.1, 0.15) is 26.3 Å². The maximum absolute atomic E-state index is 12.5. The monoisotopic (exact) mass is 420 g/mol. The highest BCUT2D eigenvalue weighted by atomic mass is 32.2. The third-order valence-electron chi connectivity index (χ3n) is 4.24. The van der Waals surface area contributed by atoms with E-state index in [1.807, 2.05) is 37.3 Å². The number of carbonyl (C=O) groups is 3. The van der Waals surface area contributed by atoms with Crippen LogP contribution < -0.4 is 10.6 Å².